The smallest absolute Gasteiger partial charge is 0.259 e. The summed E-state index contributed by atoms with van der Waals surface area (Å²) < 4.78 is 0. The largest absolute Gasteiger partial charge is 0.399 e. The molecule has 0 atom stereocenters. The molecule has 1 amide bonds. The fourth-order valence-corrected chi connectivity index (χ4v) is 2.89. The molecule has 0 aromatic heterocycles. The molecular formula is C16H15ClN2O. The normalized spacial score (nSPS) is 13.4. The van der Waals surface area contributed by atoms with Crippen LogP contribution < -0.4 is 10.6 Å². The summed E-state index contributed by atoms with van der Waals surface area (Å²) in [5.41, 5.74) is 10.1. The lowest BCUT2D eigenvalue weighted by atomic mass is 10.1. The number of fused-ring (bicyclic) bond motifs is 1. The van der Waals surface area contributed by atoms with E-state index in [0.29, 0.717) is 17.1 Å². The first kappa shape index (κ1) is 13.0. The van der Waals surface area contributed by atoms with Gasteiger partial charge in [-0.1, -0.05) is 17.7 Å². The van der Waals surface area contributed by atoms with E-state index in [1.54, 1.807) is 11.0 Å². The summed E-state index contributed by atoms with van der Waals surface area (Å²) in [4.78, 5) is 14.4. The quantitative estimate of drug-likeness (QED) is 0.816. The van der Waals surface area contributed by atoms with Crippen LogP contribution in [0.2, 0.25) is 5.02 Å². The van der Waals surface area contributed by atoms with Crippen molar-refractivity contribution in [2.24, 2.45) is 0 Å². The van der Waals surface area contributed by atoms with E-state index in [2.05, 4.69) is 0 Å². The van der Waals surface area contributed by atoms with Gasteiger partial charge in [-0.2, -0.15) is 0 Å². The van der Waals surface area contributed by atoms with Crippen LogP contribution in [0.25, 0.3) is 0 Å². The minimum atomic E-state index is -0.0569. The maximum absolute atomic E-state index is 12.6. The summed E-state index contributed by atoms with van der Waals surface area (Å²) in [6, 6.07) is 11.2. The number of halogens is 1. The number of nitrogen functional groups attached to an aromatic ring is 1. The Labute approximate surface area is 123 Å². The third-order valence-electron chi connectivity index (χ3n) is 3.60. The Morgan fingerprint density at radius 3 is 2.80 bits per heavy atom. The summed E-state index contributed by atoms with van der Waals surface area (Å²) >= 11 is 6.19. The Hall–Kier alpha value is -2.00. The molecule has 1 aliphatic heterocycles. The second kappa shape index (κ2) is 4.84. The van der Waals surface area contributed by atoms with Crippen LogP contribution in [-0.4, -0.2) is 12.5 Å². The van der Waals surface area contributed by atoms with E-state index in [9.17, 15) is 4.79 Å². The molecule has 0 saturated heterocycles. The summed E-state index contributed by atoms with van der Waals surface area (Å²) in [6.45, 7) is 2.62. The molecule has 102 valence electrons. The zero-order valence-corrected chi connectivity index (χ0v) is 11.9. The molecule has 1 aliphatic rings. The van der Waals surface area contributed by atoms with Gasteiger partial charge in [0.05, 0.1) is 10.6 Å². The van der Waals surface area contributed by atoms with Gasteiger partial charge in [0.25, 0.3) is 5.91 Å². The lowest BCUT2D eigenvalue weighted by Gasteiger charge is -2.18. The molecule has 2 N–H and O–H groups in total. The van der Waals surface area contributed by atoms with Crippen molar-refractivity contribution in [2.75, 3.05) is 17.2 Å². The maximum Gasteiger partial charge on any atom is 0.259 e. The molecule has 2 aromatic carbocycles. The maximum atomic E-state index is 12.6. The zero-order chi connectivity index (χ0) is 14.3. The number of rotatable bonds is 1. The zero-order valence-electron chi connectivity index (χ0n) is 11.2. The summed E-state index contributed by atoms with van der Waals surface area (Å²) in [7, 11) is 0. The van der Waals surface area contributed by atoms with Gasteiger partial charge in [-0.15, -0.1) is 0 Å². The average molecular weight is 287 g/mol. The van der Waals surface area contributed by atoms with E-state index in [1.807, 2.05) is 37.3 Å². The Kier molecular flexibility index (Phi) is 3.14. The van der Waals surface area contributed by atoms with Gasteiger partial charge in [0.2, 0.25) is 0 Å². The number of hydrogen-bond acceptors (Lipinski definition) is 2. The second-order valence-corrected chi connectivity index (χ2v) is 5.49. The molecule has 0 unspecified atom stereocenters. The van der Waals surface area contributed by atoms with Crippen LogP contribution in [0.4, 0.5) is 11.4 Å². The molecule has 0 fully saturated rings. The number of benzene rings is 2. The second-order valence-electron chi connectivity index (χ2n) is 5.08. The highest BCUT2D eigenvalue weighted by molar-refractivity contribution is 6.34. The van der Waals surface area contributed by atoms with Crippen molar-refractivity contribution in [3.63, 3.8) is 0 Å². The molecule has 0 saturated carbocycles. The fourth-order valence-electron chi connectivity index (χ4n) is 2.57. The highest BCUT2D eigenvalue weighted by atomic mass is 35.5. The van der Waals surface area contributed by atoms with Gasteiger partial charge in [0.1, 0.15) is 0 Å². The topological polar surface area (TPSA) is 46.3 Å². The van der Waals surface area contributed by atoms with E-state index < -0.39 is 0 Å². The van der Waals surface area contributed by atoms with E-state index in [1.165, 1.54) is 0 Å². The molecule has 0 bridgehead atoms. The molecule has 2 aromatic rings. The minimum absolute atomic E-state index is 0.0569. The van der Waals surface area contributed by atoms with Gasteiger partial charge < -0.3 is 10.6 Å². The summed E-state index contributed by atoms with van der Waals surface area (Å²) in [5.74, 6) is -0.0569. The van der Waals surface area contributed by atoms with Crippen molar-refractivity contribution in [3.05, 3.63) is 58.1 Å². The molecule has 3 nitrogen and oxygen atoms in total. The summed E-state index contributed by atoms with van der Waals surface area (Å²) in [5, 5.41) is 0.499. The van der Waals surface area contributed by atoms with Gasteiger partial charge in [0, 0.05) is 17.9 Å². The van der Waals surface area contributed by atoms with Crippen molar-refractivity contribution in [1.29, 1.82) is 0 Å². The number of hydrogen-bond donors (Lipinski definition) is 1. The molecule has 4 heteroatoms. The Morgan fingerprint density at radius 1 is 1.25 bits per heavy atom. The molecule has 0 spiro atoms. The first-order chi connectivity index (χ1) is 9.56. The van der Waals surface area contributed by atoms with E-state index in [0.717, 1.165) is 28.9 Å². The number of carbonyl (C=O) groups excluding carboxylic acids is 1. The molecule has 1 heterocycles. The van der Waals surface area contributed by atoms with Gasteiger partial charge in [-0.3, -0.25) is 4.79 Å². The van der Waals surface area contributed by atoms with Crippen LogP contribution in [-0.2, 0) is 6.42 Å². The van der Waals surface area contributed by atoms with Crippen molar-refractivity contribution < 1.29 is 4.79 Å². The minimum Gasteiger partial charge on any atom is -0.399 e. The number of carbonyl (C=O) groups is 1. The van der Waals surface area contributed by atoms with E-state index in [4.69, 9.17) is 17.3 Å². The number of nitrogens with zero attached hydrogens (tertiary/aromatic N) is 1. The number of amides is 1. The molecular weight excluding hydrogens is 272 g/mol. The third kappa shape index (κ3) is 2.14. The Morgan fingerprint density at radius 2 is 2.05 bits per heavy atom. The van der Waals surface area contributed by atoms with Crippen LogP contribution in [0, 0.1) is 6.92 Å². The SMILES string of the molecule is Cc1ccc(C(=O)N2CCc3cc(N)ccc32)c(Cl)c1. The Bertz CT molecular complexity index is 697. The van der Waals surface area contributed by atoms with Crippen LogP contribution in [0.1, 0.15) is 21.5 Å². The van der Waals surface area contributed by atoms with Crippen LogP contribution in [0.15, 0.2) is 36.4 Å². The number of nitrogens with two attached hydrogens (primary N) is 1. The monoisotopic (exact) mass is 286 g/mol. The highest BCUT2D eigenvalue weighted by Gasteiger charge is 2.26. The summed E-state index contributed by atoms with van der Waals surface area (Å²) in [6.07, 6.45) is 0.829. The molecule has 3 rings (SSSR count). The van der Waals surface area contributed by atoms with E-state index >= 15 is 0 Å². The lowest BCUT2D eigenvalue weighted by molar-refractivity contribution is 0.0989. The Balaban J connectivity index is 1.97. The van der Waals surface area contributed by atoms with Gasteiger partial charge >= 0.3 is 0 Å². The van der Waals surface area contributed by atoms with Gasteiger partial charge in [-0.25, -0.2) is 0 Å². The van der Waals surface area contributed by atoms with Crippen molar-refractivity contribution >= 4 is 28.9 Å². The molecule has 20 heavy (non-hydrogen) atoms. The predicted molar refractivity (Wildman–Crippen MR) is 82.4 cm³/mol. The van der Waals surface area contributed by atoms with Gasteiger partial charge in [0.15, 0.2) is 0 Å². The lowest BCUT2D eigenvalue weighted by Crippen LogP contribution is -2.29. The third-order valence-corrected chi connectivity index (χ3v) is 3.91. The first-order valence-electron chi connectivity index (χ1n) is 6.52. The predicted octanol–water partition coefficient (Wildman–Crippen LogP) is 3.43. The van der Waals surface area contributed by atoms with Gasteiger partial charge in [-0.05, 0) is 54.8 Å². The van der Waals surface area contributed by atoms with Crippen LogP contribution in [0.3, 0.4) is 0 Å². The number of aryl methyl sites for hydroxylation is 1. The van der Waals surface area contributed by atoms with E-state index in [-0.39, 0.29) is 5.91 Å². The fraction of sp³-hybridized carbons (Fsp3) is 0.188. The van der Waals surface area contributed by atoms with Crippen molar-refractivity contribution in [1.82, 2.24) is 0 Å². The molecule has 0 radical (unpaired) electrons. The first-order valence-corrected chi connectivity index (χ1v) is 6.90. The van der Waals surface area contributed by atoms with Crippen molar-refractivity contribution in [2.45, 2.75) is 13.3 Å². The average Bonchev–Trinajstić information content (AvgIpc) is 2.80. The molecule has 0 aliphatic carbocycles. The highest BCUT2D eigenvalue weighted by Crippen LogP contribution is 2.32. The van der Waals surface area contributed by atoms with Crippen molar-refractivity contribution in [3.8, 4) is 0 Å². The van der Waals surface area contributed by atoms with Crippen LogP contribution in [0.5, 0.6) is 0 Å². The van der Waals surface area contributed by atoms with Crippen LogP contribution >= 0.6 is 11.6 Å². The standard InChI is InChI=1S/C16H15ClN2O/c1-10-2-4-13(14(17)8-10)16(20)19-7-6-11-9-12(18)3-5-15(11)19/h2-5,8-9H,6-7,18H2,1H3. The number of anilines is 2.